The van der Waals surface area contributed by atoms with E-state index in [1.165, 1.54) is 0 Å². The number of amides is 1. The molecule has 3 rings (SSSR count). The molecule has 0 unspecified atom stereocenters. The minimum absolute atomic E-state index is 0.118. The van der Waals surface area contributed by atoms with E-state index in [4.69, 9.17) is 10.5 Å². The number of fused-ring (bicyclic) bond motifs is 1. The molecular formula is C22H24F4N2O2. The Balaban J connectivity index is 1.79. The second-order valence-corrected chi connectivity index (χ2v) is 7.53. The zero-order valence-corrected chi connectivity index (χ0v) is 16.6. The van der Waals surface area contributed by atoms with Gasteiger partial charge in [0.25, 0.3) is 0 Å². The smallest absolute Gasteiger partial charge is 0.416 e. The minimum Gasteiger partial charge on any atom is -0.489 e. The lowest BCUT2D eigenvalue weighted by Crippen LogP contribution is -2.38. The number of nitrogens with one attached hydrogen (secondary N) is 1. The fourth-order valence-corrected chi connectivity index (χ4v) is 3.63. The predicted molar refractivity (Wildman–Crippen MR) is 104 cm³/mol. The Morgan fingerprint density at radius 3 is 2.53 bits per heavy atom. The first-order chi connectivity index (χ1) is 14.1. The molecule has 0 heterocycles. The maximum absolute atomic E-state index is 13.6. The van der Waals surface area contributed by atoms with Crippen LogP contribution in [0.3, 0.4) is 0 Å². The number of hydrogen-bond donors (Lipinski definition) is 2. The summed E-state index contributed by atoms with van der Waals surface area (Å²) < 4.78 is 58.2. The highest BCUT2D eigenvalue weighted by Crippen LogP contribution is 2.34. The molecule has 2 aromatic carbocycles. The van der Waals surface area contributed by atoms with Crippen molar-refractivity contribution in [2.75, 3.05) is 0 Å². The zero-order valence-electron chi connectivity index (χ0n) is 16.6. The number of rotatable bonds is 7. The van der Waals surface area contributed by atoms with Gasteiger partial charge in [0, 0.05) is 6.54 Å². The maximum atomic E-state index is 13.6. The molecule has 1 aliphatic carbocycles. The van der Waals surface area contributed by atoms with E-state index >= 15 is 0 Å². The lowest BCUT2D eigenvalue weighted by Gasteiger charge is -2.23. The van der Waals surface area contributed by atoms with Crippen molar-refractivity contribution in [3.63, 3.8) is 0 Å². The van der Waals surface area contributed by atoms with Gasteiger partial charge in [-0.3, -0.25) is 4.79 Å². The Hall–Kier alpha value is -2.61. The molecule has 0 saturated heterocycles. The number of hydrogen-bond acceptors (Lipinski definition) is 3. The van der Waals surface area contributed by atoms with E-state index in [1.807, 2.05) is 6.07 Å². The summed E-state index contributed by atoms with van der Waals surface area (Å²) in [7, 11) is 0. The third kappa shape index (κ3) is 5.30. The lowest BCUT2D eigenvalue weighted by molar-refractivity contribution is -0.137. The Bertz CT molecular complexity index is 928. The standard InChI is InChI=1S/C22H24F4N2O2/c1-13(21(27)29)28-11-15-6-7-20(19-5-3-2-4-18(15)19)30-12-14-8-16(22(24,25)26)10-17(23)9-14/h6-10,13,28H,2-5,11-12H2,1H3,(H2,27,29)/t13-/m0/s1. The van der Waals surface area contributed by atoms with Gasteiger partial charge in [-0.1, -0.05) is 6.07 Å². The number of halogens is 4. The molecule has 0 spiro atoms. The number of alkyl halides is 3. The number of benzene rings is 2. The molecule has 30 heavy (non-hydrogen) atoms. The van der Waals surface area contributed by atoms with Gasteiger partial charge in [-0.15, -0.1) is 0 Å². The molecule has 0 radical (unpaired) electrons. The number of primary amides is 1. The van der Waals surface area contributed by atoms with Crippen LogP contribution in [0.25, 0.3) is 0 Å². The third-order valence-electron chi connectivity index (χ3n) is 5.29. The van der Waals surface area contributed by atoms with E-state index in [2.05, 4.69) is 5.32 Å². The van der Waals surface area contributed by atoms with Crippen LogP contribution in [0, 0.1) is 5.82 Å². The van der Waals surface area contributed by atoms with Crippen molar-refractivity contribution >= 4 is 5.91 Å². The van der Waals surface area contributed by atoms with Crippen LogP contribution in [0.1, 0.15) is 47.6 Å². The molecule has 162 valence electrons. The quantitative estimate of drug-likeness (QED) is 0.653. The van der Waals surface area contributed by atoms with Crippen molar-refractivity contribution in [3.8, 4) is 5.75 Å². The fraction of sp³-hybridized carbons (Fsp3) is 0.409. The minimum atomic E-state index is -4.62. The SMILES string of the molecule is C[C@H](NCc1ccc(OCc2cc(F)cc(C(F)(F)F)c2)c2c1CCCC2)C(N)=O. The summed E-state index contributed by atoms with van der Waals surface area (Å²) in [5.74, 6) is -0.790. The first kappa shape index (κ1) is 22.1. The molecule has 0 aromatic heterocycles. The van der Waals surface area contributed by atoms with E-state index in [9.17, 15) is 22.4 Å². The Labute approximate surface area is 172 Å². The van der Waals surface area contributed by atoms with Gasteiger partial charge in [0.2, 0.25) is 5.91 Å². The van der Waals surface area contributed by atoms with E-state index in [0.717, 1.165) is 54.5 Å². The van der Waals surface area contributed by atoms with Crippen molar-refractivity contribution in [1.29, 1.82) is 0 Å². The summed E-state index contributed by atoms with van der Waals surface area (Å²) in [6.07, 6.45) is -0.968. The van der Waals surface area contributed by atoms with Crippen molar-refractivity contribution < 1.29 is 27.1 Å². The molecule has 1 amide bonds. The van der Waals surface area contributed by atoms with E-state index in [-0.39, 0.29) is 12.2 Å². The van der Waals surface area contributed by atoms with Crippen LogP contribution in [0.2, 0.25) is 0 Å². The van der Waals surface area contributed by atoms with Crippen LogP contribution in [-0.2, 0) is 37.0 Å². The number of carbonyl (C=O) groups is 1. The molecular weight excluding hydrogens is 400 g/mol. The van der Waals surface area contributed by atoms with Crippen molar-refractivity contribution in [2.24, 2.45) is 5.73 Å². The van der Waals surface area contributed by atoms with Crippen LogP contribution < -0.4 is 15.8 Å². The van der Waals surface area contributed by atoms with Crippen molar-refractivity contribution in [2.45, 2.75) is 58.0 Å². The first-order valence-electron chi connectivity index (χ1n) is 9.81. The highest BCUT2D eigenvalue weighted by atomic mass is 19.4. The summed E-state index contributed by atoms with van der Waals surface area (Å²) in [4.78, 5) is 11.2. The zero-order chi connectivity index (χ0) is 21.9. The summed E-state index contributed by atoms with van der Waals surface area (Å²) in [6.45, 7) is 2.01. The lowest BCUT2D eigenvalue weighted by atomic mass is 9.87. The summed E-state index contributed by atoms with van der Waals surface area (Å²) >= 11 is 0. The van der Waals surface area contributed by atoms with Gasteiger partial charge in [0.1, 0.15) is 18.2 Å². The second kappa shape index (κ2) is 9.04. The third-order valence-corrected chi connectivity index (χ3v) is 5.29. The molecule has 2 aromatic rings. The molecule has 0 saturated carbocycles. The van der Waals surface area contributed by atoms with Crippen molar-refractivity contribution in [1.82, 2.24) is 5.32 Å². The van der Waals surface area contributed by atoms with Crippen LogP contribution in [-0.4, -0.2) is 11.9 Å². The van der Waals surface area contributed by atoms with Gasteiger partial charge < -0.3 is 15.8 Å². The van der Waals surface area contributed by atoms with Crippen LogP contribution >= 0.6 is 0 Å². The normalized spacial score (nSPS) is 14.8. The average Bonchev–Trinajstić information content (AvgIpc) is 2.69. The topological polar surface area (TPSA) is 64.3 Å². The van der Waals surface area contributed by atoms with Gasteiger partial charge >= 0.3 is 6.18 Å². The van der Waals surface area contributed by atoms with Gasteiger partial charge in [0.05, 0.1) is 11.6 Å². The summed E-state index contributed by atoms with van der Waals surface area (Å²) in [5.41, 5.74) is 7.54. The summed E-state index contributed by atoms with van der Waals surface area (Å²) in [6, 6.07) is 5.62. The highest BCUT2D eigenvalue weighted by molar-refractivity contribution is 5.79. The van der Waals surface area contributed by atoms with E-state index in [1.54, 1.807) is 13.0 Å². The molecule has 0 fully saturated rings. The summed E-state index contributed by atoms with van der Waals surface area (Å²) in [5, 5.41) is 3.09. The second-order valence-electron chi connectivity index (χ2n) is 7.53. The van der Waals surface area contributed by atoms with Crippen LogP contribution in [0.15, 0.2) is 30.3 Å². The van der Waals surface area contributed by atoms with Gasteiger partial charge in [-0.2, -0.15) is 13.2 Å². The molecule has 1 atom stereocenters. The van der Waals surface area contributed by atoms with Crippen LogP contribution in [0.4, 0.5) is 17.6 Å². The first-order valence-corrected chi connectivity index (χ1v) is 9.81. The monoisotopic (exact) mass is 424 g/mol. The van der Waals surface area contributed by atoms with Gasteiger partial charge in [-0.05, 0) is 79.1 Å². The van der Waals surface area contributed by atoms with E-state index < -0.39 is 29.5 Å². The molecule has 3 N–H and O–H groups in total. The maximum Gasteiger partial charge on any atom is 0.416 e. The fourth-order valence-electron chi connectivity index (χ4n) is 3.63. The molecule has 1 aliphatic rings. The number of carbonyl (C=O) groups excluding carboxylic acids is 1. The average molecular weight is 424 g/mol. The van der Waals surface area contributed by atoms with Gasteiger partial charge in [-0.25, -0.2) is 4.39 Å². The predicted octanol–water partition coefficient (Wildman–Crippen LogP) is 4.27. The molecule has 0 aliphatic heterocycles. The Morgan fingerprint density at radius 1 is 1.17 bits per heavy atom. The Morgan fingerprint density at radius 2 is 1.87 bits per heavy atom. The molecule has 0 bridgehead atoms. The van der Waals surface area contributed by atoms with E-state index in [0.29, 0.717) is 18.4 Å². The largest absolute Gasteiger partial charge is 0.489 e. The van der Waals surface area contributed by atoms with Gasteiger partial charge in [0.15, 0.2) is 0 Å². The van der Waals surface area contributed by atoms with Crippen molar-refractivity contribution in [3.05, 3.63) is 64.0 Å². The Kier molecular flexibility index (Phi) is 6.65. The number of nitrogens with two attached hydrogens (primary N) is 1. The van der Waals surface area contributed by atoms with Crippen LogP contribution in [0.5, 0.6) is 5.75 Å². The molecule has 4 nitrogen and oxygen atoms in total. The highest BCUT2D eigenvalue weighted by Gasteiger charge is 2.31. The number of ether oxygens (including phenoxy) is 1. The molecule has 8 heteroatoms.